The Morgan fingerprint density at radius 2 is 2.10 bits per heavy atom. The van der Waals surface area contributed by atoms with Gasteiger partial charge in [-0.05, 0) is 39.0 Å². The Morgan fingerprint density at radius 3 is 2.70 bits per heavy atom. The average molecular weight is 278 g/mol. The zero-order chi connectivity index (χ0) is 14.8. The van der Waals surface area contributed by atoms with E-state index in [0.29, 0.717) is 23.8 Å². The van der Waals surface area contributed by atoms with Crippen LogP contribution < -0.4 is 10.1 Å². The highest BCUT2D eigenvalue weighted by Gasteiger charge is 2.13. The van der Waals surface area contributed by atoms with E-state index in [1.807, 2.05) is 0 Å². The summed E-state index contributed by atoms with van der Waals surface area (Å²) in [6.45, 7) is 6.73. The third kappa shape index (κ3) is 3.57. The van der Waals surface area contributed by atoms with Crippen LogP contribution in [0.5, 0.6) is 5.75 Å². The van der Waals surface area contributed by atoms with E-state index in [0.717, 1.165) is 0 Å². The second kappa shape index (κ2) is 5.63. The third-order valence-corrected chi connectivity index (χ3v) is 2.76. The summed E-state index contributed by atoms with van der Waals surface area (Å²) in [5, 5.41) is 3.28. The summed E-state index contributed by atoms with van der Waals surface area (Å²) < 4.78 is 24.1. The number of rotatable bonds is 4. The highest BCUT2D eigenvalue weighted by atomic mass is 19.1. The SMILES string of the molecule is COc1ccc(-c2cnc(CNC(C)(C)C)o2)cc1F. The first-order chi connectivity index (χ1) is 9.39. The molecule has 1 N–H and O–H groups in total. The fraction of sp³-hybridized carbons (Fsp3) is 0.400. The minimum Gasteiger partial charge on any atom is -0.494 e. The molecule has 0 saturated heterocycles. The lowest BCUT2D eigenvalue weighted by Crippen LogP contribution is -2.35. The molecular weight excluding hydrogens is 259 g/mol. The number of ether oxygens (including phenoxy) is 1. The van der Waals surface area contributed by atoms with E-state index in [1.54, 1.807) is 18.3 Å². The van der Waals surface area contributed by atoms with Crippen LogP contribution in [-0.4, -0.2) is 17.6 Å². The van der Waals surface area contributed by atoms with Crippen LogP contribution in [-0.2, 0) is 6.54 Å². The average Bonchev–Trinajstić information content (AvgIpc) is 2.84. The second-order valence-electron chi connectivity index (χ2n) is 5.57. The molecule has 4 nitrogen and oxygen atoms in total. The van der Waals surface area contributed by atoms with Crippen LogP contribution in [0.1, 0.15) is 26.7 Å². The summed E-state index contributed by atoms with van der Waals surface area (Å²) in [5.74, 6) is 0.905. The first-order valence-corrected chi connectivity index (χ1v) is 6.43. The molecule has 1 aromatic carbocycles. The Balaban J connectivity index is 2.14. The molecule has 0 aliphatic rings. The van der Waals surface area contributed by atoms with Crippen molar-refractivity contribution in [1.29, 1.82) is 0 Å². The van der Waals surface area contributed by atoms with E-state index >= 15 is 0 Å². The molecule has 1 heterocycles. The van der Waals surface area contributed by atoms with Crippen LogP contribution in [0.25, 0.3) is 11.3 Å². The highest BCUT2D eigenvalue weighted by Crippen LogP contribution is 2.26. The van der Waals surface area contributed by atoms with Gasteiger partial charge in [0.05, 0.1) is 19.9 Å². The molecule has 0 aliphatic heterocycles. The number of halogens is 1. The summed E-state index contributed by atoms with van der Waals surface area (Å²) in [5.41, 5.74) is 0.624. The fourth-order valence-corrected chi connectivity index (χ4v) is 1.69. The summed E-state index contributed by atoms with van der Waals surface area (Å²) >= 11 is 0. The summed E-state index contributed by atoms with van der Waals surface area (Å²) in [4.78, 5) is 4.19. The molecule has 0 fully saturated rings. The van der Waals surface area contributed by atoms with Gasteiger partial charge in [-0.3, -0.25) is 0 Å². The lowest BCUT2D eigenvalue weighted by Gasteiger charge is -2.18. The monoisotopic (exact) mass is 278 g/mol. The number of aromatic nitrogens is 1. The van der Waals surface area contributed by atoms with Crippen LogP contribution in [0.4, 0.5) is 4.39 Å². The maximum absolute atomic E-state index is 13.6. The molecule has 0 spiro atoms. The van der Waals surface area contributed by atoms with E-state index in [4.69, 9.17) is 9.15 Å². The Morgan fingerprint density at radius 1 is 1.35 bits per heavy atom. The minimum absolute atomic E-state index is 0.0130. The van der Waals surface area contributed by atoms with Crippen molar-refractivity contribution < 1.29 is 13.5 Å². The van der Waals surface area contributed by atoms with Gasteiger partial charge in [0.25, 0.3) is 0 Å². The normalized spacial score (nSPS) is 11.7. The van der Waals surface area contributed by atoms with Crippen molar-refractivity contribution >= 4 is 0 Å². The Kier molecular flexibility index (Phi) is 4.09. The molecule has 0 saturated carbocycles. The van der Waals surface area contributed by atoms with Gasteiger partial charge >= 0.3 is 0 Å². The molecule has 0 aliphatic carbocycles. The van der Waals surface area contributed by atoms with Crippen molar-refractivity contribution in [1.82, 2.24) is 10.3 Å². The van der Waals surface area contributed by atoms with Gasteiger partial charge in [0.1, 0.15) is 0 Å². The number of nitrogens with one attached hydrogen (secondary N) is 1. The Hall–Kier alpha value is -1.88. The van der Waals surface area contributed by atoms with Gasteiger partial charge in [0, 0.05) is 11.1 Å². The fourth-order valence-electron chi connectivity index (χ4n) is 1.69. The van der Waals surface area contributed by atoms with Gasteiger partial charge in [0.15, 0.2) is 17.3 Å². The zero-order valence-electron chi connectivity index (χ0n) is 12.2. The van der Waals surface area contributed by atoms with Crippen LogP contribution in [0.2, 0.25) is 0 Å². The number of hydrogen-bond donors (Lipinski definition) is 1. The van der Waals surface area contributed by atoms with Crippen molar-refractivity contribution in [3.05, 3.63) is 36.1 Å². The number of hydrogen-bond acceptors (Lipinski definition) is 4. The van der Waals surface area contributed by atoms with Crippen molar-refractivity contribution in [3.8, 4) is 17.1 Å². The highest BCUT2D eigenvalue weighted by molar-refractivity contribution is 5.57. The van der Waals surface area contributed by atoms with Gasteiger partial charge < -0.3 is 14.5 Å². The van der Waals surface area contributed by atoms with E-state index in [1.165, 1.54) is 13.2 Å². The summed E-state index contributed by atoms with van der Waals surface area (Å²) in [7, 11) is 1.43. The smallest absolute Gasteiger partial charge is 0.208 e. The first-order valence-electron chi connectivity index (χ1n) is 6.43. The molecule has 0 atom stereocenters. The van der Waals surface area contributed by atoms with E-state index in [2.05, 4.69) is 31.1 Å². The van der Waals surface area contributed by atoms with Crippen LogP contribution >= 0.6 is 0 Å². The maximum atomic E-state index is 13.6. The quantitative estimate of drug-likeness (QED) is 0.931. The molecule has 0 radical (unpaired) electrons. The van der Waals surface area contributed by atoms with Gasteiger partial charge in [-0.2, -0.15) is 0 Å². The summed E-state index contributed by atoms with van der Waals surface area (Å²) in [6, 6.07) is 4.68. The van der Waals surface area contributed by atoms with Crippen molar-refractivity contribution in [2.45, 2.75) is 32.9 Å². The molecule has 5 heteroatoms. The topological polar surface area (TPSA) is 47.3 Å². The minimum atomic E-state index is -0.421. The van der Waals surface area contributed by atoms with Crippen LogP contribution in [0.15, 0.2) is 28.8 Å². The molecule has 2 aromatic rings. The third-order valence-electron chi connectivity index (χ3n) is 2.76. The predicted molar refractivity (Wildman–Crippen MR) is 75.0 cm³/mol. The molecule has 20 heavy (non-hydrogen) atoms. The van der Waals surface area contributed by atoms with Crippen molar-refractivity contribution in [3.63, 3.8) is 0 Å². The van der Waals surface area contributed by atoms with Gasteiger partial charge in [0.2, 0.25) is 5.89 Å². The van der Waals surface area contributed by atoms with Crippen molar-refractivity contribution in [2.75, 3.05) is 7.11 Å². The lowest BCUT2D eigenvalue weighted by molar-refractivity contribution is 0.382. The standard InChI is InChI=1S/C15H19FN2O2/c1-15(2,3)18-9-14-17-8-13(20-14)10-5-6-12(19-4)11(16)7-10/h5-8,18H,9H2,1-4H3. The molecule has 108 valence electrons. The van der Waals surface area contributed by atoms with E-state index < -0.39 is 5.82 Å². The molecular formula is C15H19FN2O2. The summed E-state index contributed by atoms with van der Waals surface area (Å²) in [6.07, 6.45) is 1.60. The molecule has 2 rings (SSSR count). The van der Waals surface area contributed by atoms with E-state index in [-0.39, 0.29) is 11.3 Å². The molecule has 0 amide bonds. The predicted octanol–water partition coefficient (Wildman–Crippen LogP) is 3.38. The van der Waals surface area contributed by atoms with Gasteiger partial charge in [-0.15, -0.1) is 0 Å². The number of nitrogens with zero attached hydrogens (tertiary/aromatic N) is 1. The van der Waals surface area contributed by atoms with Crippen LogP contribution in [0.3, 0.4) is 0 Å². The van der Waals surface area contributed by atoms with E-state index in [9.17, 15) is 4.39 Å². The molecule has 0 bridgehead atoms. The van der Waals surface area contributed by atoms with Crippen molar-refractivity contribution in [2.24, 2.45) is 0 Å². The Labute approximate surface area is 118 Å². The van der Waals surface area contributed by atoms with Gasteiger partial charge in [-0.25, -0.2) is 9.37 Å². The number of benzene rings is 1. The molecule has 1 aromatic heterocycles. The van der Waals surface area contributed by atoms with Crippen LogP contribution in [0, 0.1) is 5.82 Å². The maximum Gasteiger partial charge on any atom is 0.208 e. The lowest BCUT2D eigenvalue weighted by atomic mass is 10.1. The first kappa shape index (κ1) is 14.5. The number of methoxy groups -OCH3 is 1. The Bertz CT molecular complexity index is 588. The molecule has 0 unspecified atom stereocenters. The van der Waals surface area contributed by atoms with Gasteiger partial charge in [-0.1, -0.05) is 0 Å². The number of oxazole rings is 1. The second-order valence-corrected chi connectivity index (χ2v) is 5.57. The largest absolute Gasteiger partial charge is 0.494 e. The zero-order valence-corrected chi connectivity index (χ0v) is 12.2.